The van der Waals surface area contributed by atoms with Gasteiger partial charge in [0, 0.05) is 24.8 Å². The first-order chi connectivity index (χ1) is 10.1. The average Bonchev–Trinajstić information content (AvgIpc) is 2.38. The van der Waals surface area contributed by atoms with Crippen molar-refractivity contribution in [2.75, 3.05) is 32.6 Å². The Kier molecular flexibility index (Phi) is 6.43. The summed E-state index contributed by atoms with van der Waals surface area (Å²) in [5.74, 6) is -2.12. The standard InChI is InChI=1S/C14H20F2N2O3S/c1-18(2)12(14-10(15)5-4-6-11(14)16)9-17-13(19)7-8-22(3,20)21/h4-6,12H,7-9H2,1-3H3,(H,17,19)/t12-/m0/s1. The zero-order valence-corrected chi connectivity index (χ0v) is 13.6. The summed E-state index contributed by atoms with van der Waals surface area (Å²) in [7, 11) is 0.0453. The largest absolute Gasteiger partial charge is 0.354 e. The van der Waals surface area contributed by atoms with Gasteiger partial charge in [0.25, 0.3) is 0 Å². The van der Waals surface area contributed by atoms with Crippen molar-refractivity contribution < 1.29 is 22.0 Å². The van der Waals surface area contributed by atoms with E-state index in [0.29, 0.717) is 0 Å². The van der Waals surface area contributed by atoms with Crippen LogP contribution in [0.3, 0.4) is 0 Å². The molecule has 0 aromatic heterocycles. The quantitative estimate of drug-likeness (QED) is 0.811. The van der Waals surface area contributed by atoms with Crippen LogP contribution in [0.4, 0.5) is 8.78 Å². The van der Waals surface area contributed by atoms with Crippen LogP contribution in [0.25, 0.3) is 0 Å². The highest BCUT2D eigenvalue weighted by molar-refractivity contribution is 7.90. The van der Waals surface area contributed by atoms with E-state index < -0.39 is 33.4 Å². The molecule has 0 heterocycles. The van der Waals surface area contributed by atoms with Gasteiger partial charge in [-0.1, -0.05) is 6.07 Å². The van der Waals surface area contributed by atoms with Gasteiger partial charge < -0.3 is 10.2 Å². The summed E-state index contributed by atoms with van der Waals surface area (Å²) in [4.78, 5) is 13.2. The maximum Gasteiger partial charge on any atom is 0.221 e. The minimum atomic E-state index is -3.23. The van der Waals surface area contributed by atoms with Crippen molar-refractivity contribution in [3.05, 3.63) is 35.4 Å². The van der Waals surface area contributed by atoms with Gasteiger partial charge in [0.15, 0.2) is 0 Å². The maximum absolute atomic E-state index is 13.8. The van der Waals surface area contributed by atoms with Crippen molar-refractivity contribution >= 4 is 15.7 Å². The number of hydrogen-bond acceptors (Lipinski definition) is 4. The SMILES string of the molecule is CN(C)[C@@H](CNC(=O)CCS(C)(=O)=O)c1c(F)cccc1F. The van der Waals surface area contributed by atoms with E-state index in [1.807, 2.05) is 0 Å². The van der Waals surface area contributed by atoms with Crippen LogP contribution in [0, 0.1) is 11.6 Å². The molecular formula is C14H20F2N2O3S. The van der Waals surface area contributed by atoms with Gasteiger partial charge in [-0.3, -0.25) is 4.79 Å². The Bertz CT molecular complexity index is 613. The van der Waals surface area contributed by atoms with Gasteiger partial charge in [0.2, 0.25) is 5.91 Å². The van der Waals surface area contributed by atoms with E-state index in [4.69, 9.17) is 0 Å². The Morgan fingerprint density at radius 2 is 1.82 bits per heavy atom. The number of amides is 1. The van der Waals surface area contributed by atoms with Crippen molar-refractivity contribution in [1.29, 1.82) is 0 Å². The molecule has 1 aromatic rings. The highest BCUT2D eigenvalue weighted by Crippen LogP contribution is 2.23. The van der Waals surface area contributed by atoms with E-state index >= 15 is 0 Å². The van der Waals surface area contributed by atoms with Crippen molar-refractivity contribution in [3.63, 3.8) is 0 Å². The predicted molar refractivity (Wildman–Crippen MR) is 80.1 cm³/mol. The van der Waals surface area contributed by atoms with Crippen LogP contribution in [-0.4, -0.2) is 51.9 Å². The molecule has 0 fully saturated rings. The normalized spacial score (nSPS) is 13.2. The van der Waals surface area contributed by atoms with Crippen LogP contribution >= 0.6 is 0 Å². The Balaban J connectivity index is 2.76. The van der Waals surface area contributed by atoms with Crippen molar-refractivity contribution in [3.8, 4) is 0 Å². The maximum atomic E-state index is 13.8. The average molecular weight is 334 g/mol. The van der Waals surface area contributed by atoms with E-state index in [0.717, 1.165) is 18.4 Å². The summed E-state index contributed by atoms with van der Waals surface area (Å²) in [5, 5.41) is 2.51. The van der Waals surface area contributed by atoms with Gasteiger partial charge in [-0.2, -0.15) is 0 Å². The minimum Gasteiger partial charge on any atom is -0.354 e. The van der Waals surface area contributed by atoms with E-state index in [1.54, 1.807) is 19.0 Å². The van der Waals surface area contributed by atoms with Crippen molar-refractivity contribution in [2.45, 2.75) is 12.5 Å². The fourth-order valence-corrected chi connectivity index (χ4v) is 2.51. The molecule has 1 N–H and O–H groups in total. The minimum absolute atomic E-state index is 0.0204. The lowest BCUT2D eigenvalue weighted by Crippen LogP contribution is -2.36. The third-order valence-corrected chi connectivity index (χ3v) is 4.09. The van der Waals surface area contributed by atoms with Gasteiger partial charge in [-0.05, 0) is 26.2 Å². The number of halogens is 2. The Hall–Kier alpha value is -1.54. The molecule has 0 aliphatic heterocycles. The number of nitrogens with zero attached hydrogens (tertiary/aromatic N) is 1. The number of benzene rings is 1. The highest BCUT2D eigenvalue weighted by atomic mass is 32.2. The number of carbonyl (C=O) groups is 1. The van der Waals surface area contributed by atoms with Gasteiger partial charge >= 0.3 is 0 Å². The Morgan fingerprint density at radius 3 is 2.27 bits per heavy atom. The van der Waals surface area contributed by atoms with Crippen molar-refractivity contribution in [2.24, 2.45) is 0 Å². The number of carbonyl (C=O) groups excluding carboxylic acids is 1. The summed E-state index contributed by atoms with van der Waals surface area (Å²) < 4.78 is 49.7. The van der Waals surface area contributed by atoms with Gasteiger partial charge in [-0.25, -0.2) is 17.2 Å². The summed E-state index contributed by atoms with van der Waals surface area (Å²) >= 11 is 0. The highest BCUT2D eigenvalue weighted by Gasteiger charge is 2.22. The van der Waals surface area contributed by atoms with Crippen LogP contribution in [0.15, 0.2) is 18.2 Å². The van der Waals surface area contributed by atoms with E-state index in [1.165, 1.54) is 6.07 Å². The molecule has 1 rings (SSSR count). The molecule has 0 saturated heterocycles. The third-order valence-electron chi connectivity index (χ3n) is 3.15. The smallest absolute Gasteiger partial charge is 0.221 e. The zero-order valence-electron chi connectivity index (χ0n) is 12.8. The van der Waals surface area contributed by atoms with Crippen LogP contribution in [0.1, 0.15) is 18.0 Å². The zero-order chi connectivity index (χ0) is 16.9. The van der Waals surface area contributed by atoms with Gasteiger partial charge in [0.05, 0.1) is 11.8 Å². The Labute approximate surface area is 129 Å². The second-order valence-corrected chi connectivity index (χ2v) is 7.56. The predicted octanol–water partition coefficient (Wildman–Crippen LogP) is 1.12. The monoisotopic (exact) mass is 334 g/mol. The fourth-order valence-electron chi connectivity index (χ4n) is 1.95. The van der Waals surface area contributed by atoms with Crippen molar-refractivity contribution in [1.82, 2.24) is 10.2 Å². The second-order valence-electron chi connectivity index (χ2n) is 5.30. The topological polar surface area (TPSA) is 66.5 Å². The van der Waals surface area contributed by atoms with E-state index in [-0.39, 0.29) is 24.3 Å². The van der Waals surface area contributed by atoms with Crippen LogP contribution < -0.4 is 5.32 Å². The molecule has 0 radical (unpaired) electrons. The molecule has 0 aliphatic carbocycles. The lowest BCUT2D eigenvalue weighted by Gasteiger charge is -2.25. The van der Waals surface area contributed by atoms with Crippen LogP contribution in [0.2, 0.25) is 0 Å². The first kappa shape index (κ1) is 18.5. The third kappa shape index (κ3) is 5.69. The van der Waals surface area contributed by atoms with Crippen LogP contribution in [0.5, 0.6) is 0 Å². The van der Waals surface area contributed by atoms with Gasteiger partial charge in [-0.15, -0.1) is 0 Å². The summed E-state index contributed by atoms with van der Waals surface area (Å²) in [6.07, 6.45) is 0.858. The molecule has 124 valence electrons. The Morgan fingerprint density at radius 1 is 1.27 bits per heavy atom. The lowest BCUT2D eigenvalue weighted by atomic mass is 10.0. The number of nitrogens with one attached hydrogen (secondary N) is 1. The fraction of sp³-hybridized carbons (Fsp3) is 0.500. The molecule has 0 saturated carbocycles. The molecule has 1 aromatic carbocycles. The molecule has 22 heavy (non-hydrogen) atoms. The molecular weight excluding hydrogens is 314 g/mol. The van der Waals surface area contributed by atoms with E-state index in [2.05, 4.69) is 5.32 Å². The molecule has 1 amide bonds. The lowest BCUT2D eigenvalue weighted by molar-refractivity contribution is -0.120. The number of sulfone groups is 1. The summed E-state index contributed by atoms with van der Waals surface area (Å²) in [5.41, 5.74) is -0.129. The van der Waals surface area contributed by atoms with E-state index in [9.17, 15) is 22.0 Å². The molecule has 0 unspecified atom stereocenters. The number of rotatable bonds is 7. The summed E-state index contributed by atoms with van der Waals surface area (Å²) in [6.45, 7) is -0.0204. The number of likely N-dealkylation sites (N-methyl/N-ethyl adjacent to an activating group) is 1. The molecule has 0 aliphatic rings. The van der Waals surface area contributed by atoms with Crippen LogP contribution in [-0.2, 0) is 14.6 Å². The molecule has 0 spiro atoms. The first-order valence-corrected chi connectivity index (χ1v) is 8.72. The second kappa shape index (κ2) is 7.64. The number of hydrogen-bond donors (Lipinski definition) is 1. The molecule has 1 atom stereocenters. The van der Waals surface area contributed by atoms with Gasteiger partial charge in [0.1, 0.15) is 21.5 Å². The first-order valence-electron chi connectivity index (χ1n) is 6.66. The molecule has 5 nitrogen and oxygen atoms in total. The summed E-state index contributed by atoms with van der Waals surface area (Å²) in [6, 6.07) is 2.88. The molecule has 0 bridgehead atoms. The molecule has 8 heteroatoms.